The Morgan fingerprint density at radius 1 is 1.04 bits per heavy atom. The number of nitrogens with zero attached hydrogens (tertiary/aromatic N) is 1. The van der Waals surface area contributed by atoms with Crippen LogP contribution in [0.25, 0.3) is 10.9 Å². The molecule has 0 amide bonds. The van der Waals surface area contributed by atoms with Crippen molar-refractivity contribution in [3.05, 3.63) is 71.9 Å². The number of benzene rings is 2. The Balaban J connectivity index is 0.00000192. The summed E-state index contributed by atoms with van der Waals surface area (Å²) in [5, 5.41) is 15.0. The van der Waals surface area contributed by atoms with Crippen LogP contribution in [0.1, 0.15) is 17.3 Å². The summed E-state index contributed by atoms with van der Waals surface area (Å²) >= 11 is 0. The lowest BCUT2D eigenvalue weighted by Gasteiger charge is -2.27. The Morgan fingerprint density at radius 2 is 1.70 bits per heavy atom. The van der Waals surface area contributed by atoms with Crippen LogP contribution in [0.15, 0.2) is 60.7 Å². The first kappa shape index (κ1) is 17.5. The lowest BCUT2D eigenvalue weighted by molar-refractivity contribution is 0.131. The molecule has 0 bridgehead atoms. The van der Waals surface area contributed by atoms with Gasteiger partial charge in [-0.3, -0.25) is 0 Å². The predicted molar refractivity (Wildman–Crippen MR) is 98.4 cm³/mol. The summed E-state index contributed by atoms with van der Waals surface area (Å²) in [5.41, 5.74) is 3.43. The number of aryl methyl sites for hydroxylation is 1. The minimum Gasteiger partial charge on any atom is -0.389 e. The molecule has 3 rings (SSSR count). The Kier molecular flexibility index (Phi) is 5.83. The highest BCUT2D eigenvalue weighted by Crippen LogP contribution is 2.30. The van der Waals surface area contributed by atoms with E-state index in [0.29, 0.717) is 6.54 Å². The molecule has 1 aromatic heterocycles. The first-order chi connectivity index (χ1) is 10.7. The average molecular weight is 331 g/mol. The highest BCUT2D eigenvalue weighted by Gasteiger charge is 2.24. The Labute approximate surface area is 143 Å². The number of fused-ring (bicyclic) bond motifs is 1. The van der Waals surface area contributed by atoms with E-state index in [1.165, 1.54) is 5.39 Å². The zero-order chi connectivity index (χ0) is 15.5. The highest BCUT2D eigenvalue weighted by atomic mass is 35.5. The molecule has 2 unspecified atom stereocenters. The van der Waals surface area contributed by atoms with Crippen molar-refractivity contribution in [1.82, 2.24) is 9.88 Å². The second kappa shape index (κ2) is 7.64. The zero-order valence-electron chi connectivity index (χ0n) is 13.4. The van der Waals surface area contributed by atoms with Crippen molar-refractivity contribution in [1.29, 1.82) is 0 Å². The van der Waals surface area contributed by atoms with Crippen LogP contribution in [-0.4, -0.2) is 29.4 Å². The van der Waals surface area contributed by atoms with E-state index in [2.05, 4.69) is 47.1 Å². The molecule has 23 heavy (non-hydrogen) atoms. The second-order valence-electron chi connectivity index (χ2n) is 5.70. The molecule has 2 N–H and O–H groups in total. The summed E-state index contributed by atoms with van der Waals surface area (Å²) in [7, 11) is 1.87. The van der Waals surface area contributed by atoms with Gasteiger partial charge in [0, 0.05) is 17.8 Å². The largest absolute Gasteiger partial charge is 0.389 e. The number of nitrogens with one attached hydrogen (secondary N) is 1. The van der Waals surface area contributed by atoms with Gasteiger partial charge in [0.2, 0.25) is 0 Å². The van der Waals surface area contributed by atoms with Crippen molar-refractivity contribution in [3.63, 3.8) is 0 Å². The minimum atomic E-state index is -0.498. The molecule has 4 heteroatoms. The summed E-state index contributed by atoms with van der Waals surface area (Å²) in [6.45, 7) is 2.65. The lowest BCUT2D eigenvalue weighted by Crippen LogP contribution is -2.34. The van der Waals surface area contributed by atoms with Crippen molar-refractivity contribution < 1.29 is 5.11 Å². The van der Waals surface area contributed by atoms with E-state index in [-0.39, 0.29) is 18.4 Å². The van der Waals surface area contributed by atoms with Crippen LogP contribution in [-0.2, 0) is 0 Å². The number of para-hydroxylation sites is 1. The highest BCUT2D eigenvalue weighted by molar-refractivity contribution is 5.85. The van der Waals surface area contributed by atoms with Gasteiger partial charge in [0.1, 0.15) is 0 Å². The second-order valence-corrected chi connectivity index (χ2v) is 5.70. The Morgan fingerprint density at radius 3 is 2.39 bits per heavy atom. The average Bonchev–Trinajstić information content (AvgIpc) is 2.86. The molecule has 0 saturated carbocycles. The smallest absolute Gasteiger partial charge is 0.0912 e. The number of hydrogen-bond donors (Lipinski definition) is 2. The van der Waals surface area contributed by atoms with Crippen LogP contribution in [0, 0.1) is 6.92 Å². The third-order valence-corrected chi connectivity index (χ3v) is 4.14. The minimum absolute atomic E-state index is 0. The van der Waals surface area contributed by atoms with Gasteiger partial charge in [-0.1, -0.05) is 48.5 Å². The topological polar surface area (TPSA) is 37.2 Å². The summed E-state index contributed by atoms with van der Waals surface area (Å²) in [4.78, 5) is 0. The maximum Gasteiger partial charge on any atom is 0.0912 e. The maximum absolute atomic E-state index is 10.7. The monoisotopic (exact) mass is 330 g/mol. The standard InChI is InChI=1S/C19H22N2O.ClH/c1-14-12-16-10-6-7-11-17(16)21(14)19(18(22)13-20-2)15-8-4-3-5-9-15;/h3-12,18-20,22H,13H2,1-2H3;1H. The van der Waals surface area contributed by atoms with E-state index in [4.69, 9.17) is 0 Å². The lowest BCUT2D eigenvalue weighted by atomic mass is 10.0. The van der Waals surface area contributed by atoms with Crippen LogP contribution in [0.5, 0.6) is 0 Å². The molecule has 1 heterocycles. The summed E-state index contributed by atoms with van der Waals surface area (Å²) in [6, 6.07) is 20.6. The molecule has 0 aliphatic carbocycles. The number of aliphatic hydroxyl groups excluding tert-OH is 1. The third kappa shape index (κ3) is 3.42. The van der Waals surface area contributed by atoms with Gasteiger partial charge >= 0.3 is 0 Å². The number of aromatic nitrogens is 1. The normalized spacial score (nSPS) is 13.5. The quantitative estimate of drug-likeness (QED) is 0.750. The number of hydrogen-bond acceptors (Lipinski definition) is 2. The SMILES string of the molecule is CNCC(O)C(c1ccccc1)n1c(C)cc2ccccc21.Cl. The zero-order valence-corrected chi connectivity index (χ0v) is 14.3. The van der Waals surface area contributed by atoms with Crippen molar-refractivity contribution in [2.75, 3.05) is 13.6 Å². The number of likely N-dealkylation sites (N-methyl/N-ethyl adjacent to an activating group) is 1. The van der Waals surface area contributed by atoms with Crippen molar-refractivity contribution in [2.24, 2.45) is 0 Å². The van der Waals surface area contributed by atoms with E-state index < -0.39 is 6.10 Å². The molecule has 122 valence electrons. The van der Waals surface area contributed by atoms with Crippen LogP contribution in [0.2, 0.25) is 0 Å². The molecule has 0 fully saturated rings. The number of rotatable bonds is 5. The van der Waals surface area contributed by atoms with Gasteiger partial charge in [-0.05, 0) is 37.1 Å². The molecule has 0 radical (unpaired) electrons. The van der Waals surface area contributed by atoms with Crippen molar-refractivity contribution in [2.45, 2.75) is 19.1 Å². The fourth-order valence-corrected chi connectivity index (χ4v) is 3.20. The van der Waals surface area contributed by atoms with Gasteiger partial charge in [0.15, 0.2) is 0 Å². The van der Waals surface area contributed by atoms with Crippen LogP contribution in [0.4, 0.5) is 0 Å². The fraction of sp³-hybridized carbons (Fsp3) is 0.263. The van der Waals surface area contributed by atoms with Gasteiger partial charge in [0.05, 0.1) is 12.1 Å². The van der Waals surface area contributed by atoms with Crippen LogP contribution in [0.3, 0.4) is 0 Å². The van der Waals surface area contributed by atoms with Gasteiger partial charge in [-0.25, -0.2) is 0 Å². The molecule has 0 aliphatic rings. The van der Waals surface area contributed by atoms with Crippen molar-refractivity contribution in [3.8, 4) is 0 Å². The molecule has 3 aromatic rings. The first-order valence-corrected chi connectivity index (χ1v) is 7.66. The van der Waals surface area contributed by atoms with E-state index in [1.807, 2.05) is 37.4 Å². The van der Waals surface area contributed by atoms with Gasteiger partial charge in [-0.2, -0.15) is 0 Å². The molecule has 2 aromatic carbocycles. The Hall–Kier alpha value is -1.81. The van der Waals surface area contributed by atoms with E-state index in [0.717, 1.165) is 16.8 Å². The van der Waals surface area contributed by atoms with E-state index in [1.54, 1.807) is 0 Å². The third-order valence-electron chi connectivity index (χ3n) is 4.14. The molecule has 0 saturated heterocycles. The number of aliphatic hydroxyl groups is 1. The molecule has 3 nitrogen and oxygen atoms in total. The van der Waals surface area contributed by atoms with Crippen LogP contribution >= 0.6 is 12.4 Å². The first-order valence-electron chi connectivity index (χ1n) is 7.66. The Bertz CT molecular complexity index is 754. The molecular weight excluding hydrogens is 308 g/mol. The number of halogens is 1. The maximum atomic E-state index is 10.7. The molecule has 0 spiro atoms. The van der Waals surface area contributed by atoms with Crippen LogP contribution < -0.4 is 5.32 Å². The van der Waals surface area contributed by atoms with Crippen molar-refractivity contribution >= 4 is 23.3 Å². The van der Waals surface area contributed by atoms with Gasteiger partial charge in [0.25, 0.3) is 0 Å². The van der Waals surface area contributed by atoms with Gasteiger partial charge in [-0.15, -0.1) is 12.4 Å². The van der Waals surface area contributed by atoms with E-state index >= 15 is 0 Å². The summed E-state index contributed by atoms with van der Waals surface area (Å²) in [5.74, 6) is 0. The molecule has 0 aliphatic heterocycles. The van der Waals surface area contributed by atoms with Gasteiger partial charge < -0.3 is 15.0 Å². The molecule has 2 atom stereocenters. The fourth-order valence-electron chi connectivity index (χ4n) is 3.20. The summed E-state index contributed by atoms with van der Waals surface area (Å²) < 4.78 is 2.24. The molecular formula is C19H23ClN2O. The van der Waals surface area contributed by atoms with E-state index in [9.17, 15) is 5.11 Å². The predicted octanol–water partition coefficient (Wildman–Crippen LogP) is 3.54. The summed E-state index contributed by atoms with van der Waals surface area (Å²) in [6.07, 6.45) is -0.498.